The number of carbonyl (C=O) groups is 1. The number of benzene rings is 1. The standard InChI is InChI=1S/C29H33N3O2S2.C3H8O/c1-6-8-18(9-7-2)25-26(32-23-15-24(29(33)34-5)36-28(23)25)20-11-12-21-19(14-20)10-13-22(31-21)27-16(3)30-17(4)35-27;1-3-4-2/h10-15,18,23,28,32H,6-9H2,1-5H3;3H2,1-2H3. The maximum Gasteiger partial charge on any atom is 0.344 e. The number of fused-ring (bicyclic) bond motifs is 2. The molecule has 0 saturated carbocycles. The van der Waals surface area contributed by atoms with Crippen LogP contribution in [0.4, 0.5) is 0 Å². The number of thioether (sulfide) groups is 1. The van der Waals surface area contributed by atoms with E-state index in [0.29, 0.717) is 10.8 Å². The first-order chi connectivity index (χ1) is 19.3. The monoisotopic (exact) mass is 579 g/mol. The maximum atomic E-state index is 12.3. The number of esters is 1. The van der Waals surface area contributed by atoms with E-state index in [1.165, 1.54) is 23.9 Å². The zero-order valence-corrected chi connectivity index (χ0v) is 26.3. The quantitative estimate of drug-likeness (QED) is 0.260. The Hall–Kier alpha value is -2.68. The smallest absolute Gasteiger partial charge is 0.344 e. The lowest BCUT2D eigenvalue weighted by atomic mass is 9.85. The number of rotatable bonds is 9. The van der Waals surface area contributed by atoms with Crippen molar-refractivity contribution in [3.63, 3.8) is 0 Å². The van der Waals surface area contributed by atoms with E-state index in [0.717, 1.165) is 64.5 Å². The second kappa shape index (κ2) is 13.8. The van der Waals surface area contributed by atoms with Crippen molar-refractivity contribution in [1.29, 1.82) is 0 Å². The molecule has 2 aromatic heterocycles. The van der Waals surface area contributed by atoms with Crippen LogP contribution in [0.25, 0.3) is 27.2 Å². The number of carbonyl (C=O) groups excluding carboxylic acids is 1. The highest BCUT2D eigenvalue weighted by molar-refractivity contribution is 8.05. The Morgan fingerprint density at radius 1 is 1.05 bits per heavy atom. The van der Waals surface area contributed by atoms with Gasteiger partial charge in [0.2, 0.25) is 0 Å². The third-order valence-corrected chi connectivity index (χ3v) is 9.77. The van der Waals surface area contributed by atoms with Crippen molar-refractivity contribution in [2.24, 2.45) is 5.92 Å². The molecule has 0 saturated heterocycles. The van der Waals surface area contributed by atoms with Gasteiger partial charge in [-0.05, 0) is 74.9 Å². The van der Waals surface area contributed by atoms with Gasteiger partial charge in [0.1, 0.15) is 0 Å². The van der Waals surface area contributed by atoms with E-state index in [9.17, 15) is 4.79 Å². The number of hydrogen-bond donors (Lipinski definition) is 1. The lowest BCUT2D eigenvalue weighted by Gasteiger charge is -2.23. The lowest BCUT2D eigenvalue weighted by molar-refractivity contribution is -0.135. The van der Waals surface area contributed by atoms with Crippen molar-refractivity contribution < 1.29 is 14.3 Å². The van der Waals surface area contributed by atoms with Gasteiger partial charge in [0, 0.05) is 24.8 Å². The summed E-state index contributed by atoms with van der Waals surface area (Å²) < 4.78 is 9.56. The molecule has 40 heavy (non-hydrogen) atoms. The predicted octanol–water partition coefficient (Wildman–Crippen LogP) is 7.70. The molecular formula is C32H41N3O3S2. The summed E-state index contributed by atoms with van der Waals surface area (Å²) in [7, 11) is 3.14. The van der Waals surface area contributed by atoms with Gasteiger partial charge in [0.05, 0.1) is 50.1 Å². The molecule has 0 spiro atoms. The molecule has 3 aromatic rings. The van der Waals surface area contributed by atoms with Gasteiger partial charge in [0.25, 0.3) is 0 Å². The summed E-state index contributed by atoms with van der Waals surface area (Å²) in [6, 6.07) is 11.0. The molecular weight excluding hydrogens is 539 g/mol. The largest absolute Gasteiger partial charge is 0.465 e. The van der Waals surface area contributed by atoms with Gasteiger partial charge in [-0.15, -0.1) is 23.1 Å². The third-order valence-electron chi connectivity index (χ3n) is 7.32. The fraction of sp³-hybridized carbons (Fsp3) is 0.469. The Morgan fingerprint density at radius 3 is 2.38 bits per heavy atom. The first-order valence-corrected chi connectivity index (χ1v) is 15.9. The molecule has 0 bridgehead atoms. The number of pyridine rings is 1. The van der Waals surface area contributed by atoms with E-state index < -0.39 is 0 Å². The molecule has 0 radical (unpaired) electrons. The Balaban J connectivity index is 0.000000867. The van der Waals surface area contributed by atoms with E-state index in [-0.39, 0.29) is 17.3 Å². The van der Waals surface area contributed by atoms with Gasteiger partial charge in [-0.3, -0.25) is 0 Å². The number of hydrogen-bond acceptors (Lipinski definition) is 8. The van der Waals surface area contributed by atoms with Gasteiger partial charge in [-0.25, -0.2) is 14.8 Å². The number of nitrogens with one attached hydrogen (secondary N) is 1. The Kier molecular flexibility index (Phi) is 10.4. The van der Waals surface area contributed by atoms with E-state index >= 15 is 0 Å². The highest BCUT2D eigenvalue weighted by atomic mass is 32.2. The average Bonchev–Trinajstić information content (AvgIpc) is 3.64. The molecule has 2 aliphatic rings. The van der Waals surface area contributed by atoms with Crippen LogP contribution in [0.15, 0.2) is 46.9 Å². The zero-order valence-electron chi connectivity index (χ0n) is 24.7. The number of nitrogens with zero attached hydrogens (tertiary/aromatic N) is 2. The van der Waals surface area contributed by atoms with E-state index in [1.807, 2.05) is 20.8 Å². The molecule has 2 atom stereocenters. The van der Waals surface area contributed by atoms with Gasteiger partial charge < -0.3 is 14.8 Å². The summed E-state index contributed by atoms with van der Waals surface area (Å²) >= 11 is 3.35. The van der Waals surface area contributed by atoms with Crippen molar-refractivity contribution in [2.45, 2.75) is 71.6 Å². The molecule has 0 fully saturated rings. The fourth-order valence-electron chi connectivity index (χ4n) is 5.50. The molecule has 2 aliphatic heterocycles. The third kappa shape index (κ3) is 6.45. The van der Waals surface area contributed by atoms with Crippen molar-refractivity contribution in [1.82, 2.24) is 15.3 Å². The molecule has 8 heteroatoms. The SMILES string of the molecule is CCCC(CCC)C1=C(c2ccc3nc(-c4sc(C)nc4C)ccc3c2)NC2C=C(C(=O)OC)SC12.CCOC. The van der Waals surface area contributed by atoms with Gasteiger partial charge in [-0.2, -0.15) is 0 Å². The molecule has 5 rings (SSSR count). The fourth-order valence-corrected chi connectivity index (χ4v) is 7.80. The topological polar surface area (TPSA) is 73.3 Å². The molecule has 1 aromatic carbocycles. The highest BCUT2D eigenvalue weighted by Gasteiger charge is 2.43. The number of aryl methyl sites for hydroxylation is 2. The van der Waals surface area contributed by atoms with Gasteiger partial charge >= 0.3 is 5.97 Å². The number of thiazole rings is 1. The van der Waals surface area contributed by atoms with Crippen molar-refractivity contribution >= 4 is 45.7 Å². The normalized spacial score (nSPS) is 17.9. The second-order valence-electron chi connectivity index (χ2n) is 10.2. The molecule has 214 valence electrons. The summed E-state index contributed by atoms with van der Waals surface area (Å²) in [6.07, 6.45) is 6.64. The number of methoxy groups -OCH3 is 2. The van der Waals surface area contributed by atoms with Crippen LogP contribution in [0, 0.1) is 19.8 Å². The minimum absolute atomic E-state index is 0.110. The van der Waals surface area contributed by atoms with Crippen molar-refractivity contribution in [3.8, 4) is 10.6 Å². The Bertz CT molecular complexity index is 1400. The first-order valence-electron chi connectivity index (χ1n) is 14.2. The zero-order chi connectivity index (χ0) is 28.8. The first kappa shape index (κ1) is 30.3. The van der Waals surface area contributed by atoms with Gasteiger partial charge in [0.15, 0.2) is 0 Å². The molecule has 2 unspecified atom stereocenters. The van der Waals surface area contributed by atoms with Crippen LogP contribution in [0.1, 0.15) is 62.7 Å². The molecule has 6 nitrogen and oxygen atoms in total. The van der Waals surface area contributed by atoms with Crippen LogP contribution < -0.4 is 5.32 Å². The van der Waals surface area contributed by atoms with Crippen molar-refractivity contribution in [3.05, 3.63) is 63.2 Å². The minimum atomic E-state index is -0.237. The van der Waals surface area contributed by atoms with Crippen LogP contribution in [-0.4, -0.2) is 48.1 Å². The lowest BCUT2D eigenvalue weighted by Crippen LogP contribution is -2.26. The van der Waals surface area contributed by atoms with Crippen LogP contribution in [0.3, 0.4) is 0 Å². The predicted molar refractivity (Wildman–Crippen MR) is 169 cm³/mol. The molecule has 4 heterocycles. The van der Waals surface area contributed by atoms with Crippen LogP contribution in [-0.2, 0) is 14.3 Å². The summed E-state index contributed by atoms with van der Waals surface area (Å²) in [5, 5.41) is 6.20. The summed E-state index contributed by atoms with van der Waals surface area (Å²) in [6.45, 7) is 11.4. The van der Waals surface area contributed by atoms with Crippen LogP contribution in [0.5, 0.6) is 0 Å². The van der Waals surface area contributed by atoms with Crippen molar-refractivity contribution in [2.75, 3.05) is 20.8 Å². The molecule has 0 aliphatic carbocycles. The summed E-state index contributed by atoms with van der Waals surface area (Å²) in [5.74, 6) is 0.253. The van der Waals surface area contributed by atoms with E-state index in [2.05, 4.69) is 65.3 Å². The Morgan fingerprint density at radius 2 is 1.77 bits per heavy atom. The van der Waals surface area contributed by atoms with Gasteiger partial charge in [-0.1, -0.05) is 38.8 Å². The van der Waals surface area contributed by atoms with E-state index in [1.54, 1.807) is 30.2 Å². The highest BCUT2D eigenvalue weighted by Crippen LogP contribution is 2.48. The average molecular weight is 580 g/mol. The Labute approximate surface area is 246 Å². The molecule has 0 amide bonds. The van der Waals surface area contributed by atoms with Crippen LogP contribution >= 0.6 is 23.1 Å². The molecule has 1 N–H and O–H groups in total. The summed E-state index contributed by atoms with van der Waals surface area (Å²) in [5.41, 5.74) is 6.87. The summed E-state index contributed by atoms with van der Waals surface area (Å²) in [4.78, 5) is 23.6. The van der Waals surface area contributed by atoms with E-state index in [4.69, 9.17) is 9.72 Å². The number of aromatic nitrogens is 2. The maximum absolute atomic E-state index is 12.3. The number of ether oxygens (including phenoxy) is 2. The second-order valence-corrected chi connectivity index (χ2v) is 12.6. The minimum Gasteiger partial charge on any atom is -0.465 e. The van der Waals surface area contributed by atoms with Crippen LogP contribution in [0.2, 0.25) is 0 Å².